The predicted molar refractivity (Wildman–Crippen MR) is 73.0 cm³/mol. The second-order valence-electron chi connectivity index (χ2n) is 5.03. The summed E-state index contributed by atoms with van der Waals surface area (Å²) in [5.74, 6) is -1.84. The quantitative estimate of drug-likeness (QED) is 0.817. The third-order valence-electron chi connectivity index (χ3n) is 3.52. The second kappa shape index (κ2) is 6.52. The Morgan fingerprint density at radius 2 is 2.00 bits per heavy atom. The van der Waals surface area contributed by atoms with Crippen molar-refractivity contribution >= 4 is 11.9 Å². The first-order valence-electron chi connectivity index (χ1n) is 6.68. The topological polar surface area (TPSA) is 66.8 Å². The van der Waals surface area contributed by atoms with Gasteiger partial charge in [0.1, 0.15) is 0 Å². The van der Waals surface area contributed by atoms with Gasteiger partial charge >= 0.3 is 5.97 Å². The third-order valence-corrected chi connectivity index (χ3v) is 3.52. The highest BCUT2D eigenvalue weighted by molar-refractivity contribution is 5.89. The van der Waals surface area contributed by atoms with Crippen LogP contribution in [0.4, 0.5) is 0 Å². The first kappa shape index (κ1) is 14.5. The zero-order valence-corrected chi connectivity index (χ0v) is 11.5. The summed E-state index contributed by atoms with van der Waals surface area (Å²) in [5.41, 5.74) is 1.03. The number of carboxylic acid groups (broad SMARTS) is 1. The first-order chi connectivity index (χ1) is 9.63. The third kappa shape index (κ3) is 3.57. The van der Waals surface area contributed by atoms with Crippen molar-refractivity contribution in [1.29, 1.82) is 0 Å². The molecule has 0 radical (unpaired) electrons. The number of rotatable bonds is 7. The highest BCUT2D eigenvalue weighted by Crippen LogP contribution is 2.40. The molecule has 2 rings (SSSR count). The normalized spacial score (nSPS) is 20.4. The Morgan fingerprint density at radius 1 is 1.30 bits per heavy atom. The molecule has 2 atom stereocenters. The van der Waals surface area contributed by atoms with Crippen molar-refractivity contribution in [3.63, 3.8) is 0 Å². The number of carboxylic acids is 1. The monoisotopic (exact) mass is 277 g/mol. The summed E-state index contributed by atoms with van der Waals surface area (Å²) in [5, 5.41) is 8.92. The molecule has 1 aromatic carbocycles. The van der Waals surface area contributed by atoms with E-state index < -0.39 is 11.9 Å². The van der Waals surface area contributed by atoms with Gasteiger partial charge in [0.05, 0.1) is 18.4 Å². The van der Waals surface area contributed by atoms with E-state index >= 15 is 0 Å². The van der Waals surface area contributed by atoms with E-state index in [1.165, 1.54) is 0 Å². The van der Waals surface area contributed by atoms with E-state index in [2.05, 4.69) is 0 Å². The molecule has 1 amide bonds. The Kier molecular flexibility index (Phi) is 4.74. The molecular weight excluding hydrogens is 258 g/mol. The van der Waals surface area contributed by atoms with Gasteiger partial charge in [-0.2, -0.15) is 0 Å². The maximum Gasteiger partial charge on any atom is 0.307 e. The Labute approximate surface area is 118 Å². The molecule has 1 aliphatic carbocycles. The van der Waals surface area contributed by atoms with Crippen molar-refractivity contribution in [3.05, 3.63) is 35.9 Å². The van der Waals surface area contributed by atoms with Crippen molar-refractivity contribution in [3.8, 4) is 0 Å². The Morgan fingerprint density at radius 3 is 2.55 bits per heavy atom. The largest absolute Gasteiger partial charge is 0.481 e. The van der Waals surface area contributed by atoms with E-state index in [1.807, 2.05) is 30.3 Å². The highest BCUT2D eigenvalue weighted by Gasteiger charge is 2.49. The van der Waals surface area contributed by atoms with Crippen molar-refractivity contribution < 1.29 is 19.4 Å². The lowest BCUT2D eigenvalue weighted by Gasteiger charge is -2.22. The van der Waals surface area contributed by atoms with Crippen molar-refractivity contribution in [2.75, 3.05) is 20.3 Å². The summed E-state index contributed by atoms with van der Waals surface area (Å²) in [6.45, 7) is 1.42. The predicted octanol–water partition coefficient (Wildman–Crippen LogP) is 1.38. The van der Waals surface area contributed by atoms with E-state index in [9.17, 15) is 9.59 Å². The molecule has 0 aromatic heterocycles. The van der Waals surface area contributed by atoms with Gasteiger partial charge in [0.2, 0.25) is 5.91 Å². The van der Waals surface area contributed by atoms with E-state index in [0.717, 1.165) is 5.56 Å². The molecule has 0 saturated heterocycles. The van der Waals surface area contributed by atoms with Gasteiger partial charge in [-0.25, -0.2) is 0 Å². The molecule has 0 bridgehead atoms. The minimum Gasteiger partial charge on any atom is -0.481 e. The molecule has 108 valence electrons. The maximum atomic E-state index is 12.3. The molecule has 1 aromatic rings. The fourth-order valence-electron chi connectivity index (χ4n) is 2.25. The van der Waals surface area contributed by atoms with E-state index in [0.29, 0.717) is 26.1 Å². The van der Waals surface area contributed by atoms with E-state index in [1.54, 1.807) is 12.0 Å². The van der Waals surface area contributed by atoms with Crippen LogP contribution in [0.5, 0.6) is 0 Å². The summed E-state index contributed by atoms with van der Waals surface area (Å²) in [6, 6.07) is 9.67. The summed E-state index contributed by atoms with van der Waals surface area (Å²) in [4.78, 5) is 24.9. The van der Waals surface area contributed by atoms with Gasteiger partial charge in [0.25, 0.3) is 0 Å². The SMILES string of the molecule is COCCN(Cc1ccccc1)C(=O)[C@@H]1C[C@@H]1C(=O)O. The zero-order valence-electron chi connectivity index (χ0n) is 11.5. The first-order valence-corrected chi connectivity index (χ1v) is 6.68. The van der Waals surface area contributed by atoms with Crippen LogP contribution < -0.4 is 0 Å². The van der Waals surface area contributed by atoms with Crippen LogP contribution >= 0.6 is 0 Å². The Balaban J connectivity index is 2.00. The van der Waals surface area contributed by atoms with Crippen LogP contribution in [0.2, 0.25) is 0 Å². The van der Waals surface area contributed by atoms with Crippen LogP contribution in [0, 0.1) is 11.8 Å². The van der Waals surface area contributed by atoms with Gasteiger partial charge in [0, 0.05) is 20.2 Å². The number of carbonyl (C=O) groups excluding carboxylic acids is 1. The molecule has 1 aliphatic rings. The van der Waals surface area contributed by atoms with Crippen molar-refractivity contribution in [2.45, 2.75) is 13.0 Å². The smallest absolute Gasteiger partial charge is 0.307 e. The summed E-state index contributed by atoms with van der Waals surface area (Å²) in [7, 11) is 1.59. The minimum atomic E-state index is -0.880. The van der Waals surface area contributed by atoms with Gasteiger partial charge in [-0.15, -0.1) is 0 Å². The number of hydrogen-bond acceptors (Lipinski definition) is 3. The maximum absolute atomic E-state index is 12.3. The zero-order chi connectivity index (χ0) is 14.5. The molecule has 0 aliphatic heterocycles. The molecule has 0 heterocycles. The van der Waals surface area contributed by atoms with E-state index in [4.69, 9.17) is 9.84 Å². The fourth-order valence-corrected chi connectivity index (χ4v) is 2.25. The number of amides is 1. The van der Waals surface area contributed by atoms with Gasteiger partial charge in [-0.05, 0) is 12.0 Å². The van der Waals surface area contributed by atoms with Crippen molar-refractivity contribution in [1.82, 2.24) is 4.90 Å². The molecule has 20 heavy (non-hydrogen) atoms. The molecule has 5 heteroatoms. The molecule has 5 nitrogen and oxygen atoms in total. The Hall–Kier alpha value is -1.88. The van der Waals surface area contributed by atoms with Gasteiger partial charge in [-0.1, -0.05) is 30.3 Å². The fraction of sp³-hybridized carbons (Fsp3) is 0.467. The van der Waals surface area contributed by atoms with E-state index in [-0.39, 0.29) is 11.8 Å². The lowest BCUT2D eigenvalue weighted by atomic mass is 10.2. The minimum absolute atomic E-state index is 0.0849. The van der Waals surface area contributed by atoms with Gasteiger partial charge in [-0.3, -0.25) is 9.59 Å². The summed E-state index contributed by atoms with van der Waals surface area (Å²) < 4.78 is 5.02. The number of aliphatic carboxylic acids is 1. The molecule has 1 N–H and O–H groups in total. The standard InChI is InChI=1S/C15H19NO4/c1-20-8-7-16(10-11-5-3-2-4-6-11)14(17)12-9-13(12)15(18)19/h2-6,12-13H,7-10H2,1H3,(H,18,19)/t12-,13+/m1/s1. The number of benzene rings is 1. The molecule has 1 saturated carbocycles. The lowest BCUT2D eigenvalue weighted by Crippen LogP contribution is -2.35. The van der Waals surface area contributed by atoms with Gasteiger partial charge in [0.15, 0.2) is 0 Å². The number of hydrogen-bond donors (Lipinski definition) is 1. The van der Waals surface area contributed by atoms with Crippen LogP contribution in [-0.4, -0.2) is 42.1 Å². The number of methoxy groups -OCH3 is 1. The second-order valence-corrected chi connectivity index (χ2v) is 5.03. The van der Waals surface area contributed by atoms with Crippen LogP contribution in [0.15, 0.2) is 30.3 Å². The summed E-state index contributed by atoms with van der Waals surface area (Å²) in [6.07, 6.45) is 0.451. The molecular formula is C15H19NO4. The van der Waals surface area contributed by atoms with Crippen LogP contribution in [0.3, 0.4) is 0 Å². The number of ether oxygens (including phenoxy) is 1. The Bertz CT molecular complexity index is 474. The van der Waals surface area contributed by atoms with Crippen molar-refractivity contribution in [2.24, 2.45) is 11.8 Å². The average molecular weight is 277 g/mol. The summed E-state index contributed by atoms with van der Waals surface area (Å²) >= 11 is 0. The molecule has 0 spiro atoms. The lowest BCUT2D eigenvalue weighted by molar-refractivity contribution is -0.142. The number of nitrogens with zero attached hydrogens (tertiary/aromatic N) is 1. The van der Waals surface area contributed by atoms with Crippen LogP contribution in [0.1, 0.15) is 12.0 Å². The van der Waals surface area contributed by atoms with Crippen LogP contribution in [0.25, 0.3) is 0 Å². The van der Waals surface area contributed by atoms with Gasteiger partial charge < -0.3 is 14.7 Å². The molecule has 1 fully saturated rings. The number of carbonyl (C=O) groups is 2. The molecule has 0 unspecified atom stereocenters. The average Bonchev–Trinajstić information content (AvgIpc) is 3.24. The van der Waals surface area contributed by atoms with Crippen LogP contribution in [-0.2, 0) is 20.9 Å². The highest BCUT2D eigenvalue weighted by atomic mass is 16.5.